The van der Waals surface area contributed by atoms with Crippen LogP contribution >= 0.6 is 35.6 Å². The molecule has 0 fully saturated rings. The van der Waals surface area contributed by atoms with Gasteiger partial charge in [-0.05, 0) is 30.7 Å². The van der Waals surface area contributed by atoms with Crippen LogP contribution in [0.4, 0.5) is 0 Å². The molecule has 1 aromatic heterocycles. The highest BCUT2D eigenvalue weighted by atomic mass is 127. The maximum absolute atomic E-state index is 6.15. The Hall–Kier alpha value is -1.34. The van der Waals surface area contributed by atoms with E-state index in [1.54, 1.807) is 0 Å². The number of nitrogens with zero attached hydrogens (tertiary/aromatic N) is 2. The second-order valence-corrected chi connectivity index (χ2v) is 5.19. The van der Waals surface area contributed by atoms with E-state index in [0.717, 1.165) is 41.7 Å². The highest BCUT2D eigenvalue weighted by Gasteiger charge is 2.01. The third-order valence-electron chi connectivity index (χ3n) is 3.11. The lowest BCUT2D eigenvalue weighted by molar-refractivity contribution is 0.788. The molecule has 0 aliphatic carbocycles. The van der Waals surface area contributed by atoms with Gasteiger partial charge in [0.05, 0.1) is 6.54 Å². The molecule has 2 rings (SSSR count). The van der Waals surface area contributed by atoms with Gasteiger partial charge in [0.15, 0.2) is 5.96 Å². The predicted octanol–water partition coefficient (Wildman–Crippen LogP) is 3.65. The second-order valence-electron chi connectivity index (χ2n) is 4.78. The van der Waals surface area contributed by atoms with Crippen LogP contribution in [-0.2, 0) is 13.0 Å². The van der Waals surface area contributed by atoms with Crippen molar-refractivity contribution in [1.82, 2.24) is 15.6 Å². The molecule has 2 N–H and O–H groups in total. The molecule has 0 unspecified atom stereocenters. The van der Waals surface area contributed by atoms with Gasteiger partial charge in [0, 0.05) is 36.4 Å². The van der Waals surface area contributed by atoms with E-state index in [-0.39, 0.29) is 24.0 Å². The van der Waals surface area contributed by atoms with E-state index in [9.17, 15) is 0 Å². The van der Waals surface area contributed by atoms with Crippen LogP contribution in [0, 0.1) is 0 Å². The maximum atomic E-state index is 6.15. The maximum Gasteiger partial charge on any atom is 0.191 e. The number of hydrogen-bond donors (Lipinski definition) is 2. The molecule has 0 amide bonds. The standard InChI is InChI=1S/C17H21ClN4.HI/c1-2-19-17(21-12-10-15-8-5-6-11-20-15)22-13-14-7-3-4-9-16(14)18;/h3-9,11H,2,10,12-13H2,1H3,(H2,19,21,22);1H. The number of rotatable bonds is 6. The van der Waals surface area contributed by atoms with Crippen molar-refractivity contribution < 1.29 is 0 Å². The molecule has 1 heterocycles. The summed E-state index contributed by atoms with van der Waals surface area (Å²) in [6.45, 7) is 4.20. The zero-order valence-corrected chi connectivity index (χ0v) is 16.2. The number of aliphatic imine (C=N–C) groups is 1. The summed E-state index contributed by atoms with van der Waals surface area (Å²) >= 11 is 6.15. The monoisotopic (exact) mass is 444 g/mol. The molecule has 124 valence electrons. The molecular weight excluding hydrogens is 423 g/mol. The lowest BCUT2D eigenvalue weighted by Gasteiger charge is -2.11. The van der Waals surface area contributed by atoms with Crippen molar-refractivity contribution in [2.45, 2.75) is 19.9 Å². The van der Waals surface area contributed by atoms with E-state index in [1.165, 1.54) is 0 Å². The van der Waals surface area contributed by atoms with Gasteiger partial charge in [-0.1, -0.05) is 35.9 Å². The lowest BCUT2D eigenvalue weighted by atomic mass is 10.2. The molecule has 23 heavy (non-hydrogen) atoms. The first-order valence-corrected chi connectivity index (χ1v) is 7.83. The van der Waals surface area contributed by atoms with Crippen LogP contribution in [-0.4, -0.2) is 24.0 Å². The van der Waals surface area contributed by atoms with Gasteiger partial charge < -0.3 is 10.6 Å². The van der Waals surface area contributed by atoms with Gasteiger partial charge in [-0.15, -0.1) is 24.0 Å². The summed E-state index contributed by atoms with van der Waals surface area (Å²) in [4.78, 5) is 8.87. The van der Waals surface area contributed by atoms with Gasteiger partial charge in [-0.3, -0.25) is 4.98 Å². The van der Waals surface area contributed by atoms with Gasteiger partial charge in [-0.2, -0.15) is 0 Å². The minimum Gasteiger partial charge on any atom is -0.357 e. The fourth-order valence-electron chi connectivity index (χ4n) is 1.99. The molecule has 0 radical (unpaired) electrons. The number of benzene rings is 1. The topological polar surface area (TPSA) is 49.3 Å². The van der Waals surface area contributed by atoms with Gasteiger partial charge in [0.1, 0.15) is 0 Å². The van der Waals surface area contributed by atoms with Gasteiger partial charge >= 0.3 is 0 Å². The van der Waals surface area contributed by atoms with Gasteiger partial charge in [-0.25, -0.2) is 4.99 Å². The second kappa shape index (κ2) is 11.2. The summed E-state index contributed by atoms with van der Waals surface area (Å²) in [7, 11) is 0. The van der Waals surface area contributed by atoms with Gasteiger partial charge in [0.2, 0.25) is 0 Å². The SMILES string of the molecule is CCNC(=NCc1ccccc1Cl)NCCc1ccccn1.I. The average Bonchev–Trinajstić information content (AvgIpc) is 2.55. The summed E-state index contributed by atoms with van der Waals surface area (Å²) in [6.07, 6.45) is 2.67. The van der Waals surface area contributed by atoms with Gasteiger partial charge in [0.25, 0.3) is 0 Å². The van der Waals surface area contributed by atoms with Crippen LogP contribution in [0.2, 0.25) is 5.02 Å². The summed E-state index contributed by atoms with van der Waals surface area (Å²) in [6, 6.07) is 13.7. The number of halogens is 2. The zero-order valence-electron chi connectivity index (χ0n) is 13.1. The first-order valence-electron chi connectivity index (χ1n) is 7.45. The Morgan fingerprint density at radius 1 is 1.13 bits per heavy atom. The first kappa shape index (κ1) is 19.7. The Morgan fingerprint density at radius 3 is 2.61 bits per heavy atom. The Labute approximate surface area is 159 Å². The van der Waals surface area contributed by atoms with Crippen molar-refractivity contribution in [3.8, 4) is 0 Å². The molecule has 0 aliphatic heterocycles. The van der Waals surface area contributed by atoms with Crippen molar-refractivity contribution in [2.24, 2.45) is 4.99 Å². The number of aromatic nitrogens is 1. The van der Waals surface area contributed by atoms with E-state index in [1.807, 2.05) is 55.6 Å². The predicted molar refractivity (Wildman–Crippen MR) is 108 cm³/mol. The van der Waals surface area contributed by atoms with E-state index in [0.29, 0.717) is 6.54 Å². The first-order chi connectivity index (χ1) is 10.8. The van der Waals surface area contributed by atoms with Crippen molar-refractivity contribution in [2.75, 3.05) is 13.1 Å². The fourth-order valence-corrected chi connectivity index (χ4v) is 2.18. The highest BCUT2D eigenvalue weighted by Crippen LogP contribution is 2.15. The van der Waals surface area contributed by atoms with Crippen LogP contribution in [0.15, 0.2) is 53.7 Å². The lowest BCUT2D eigenvalue weighted by Crippen LogP contribution is -2.38. The number of guanidine groups is 1. The zero-order chi connectivity index (χ0) is 15.6. The van der Waals surface area contributed by atoms with Crippen molar-refractivity contribution >= 4 is 41.5 Å². The smallest absolute Gasteiger partial charge is 0.191 e. The molecule has 1 aromatic carbocycles. The Bertz CT molecular complexity index is 605. The van der Waals surface area contributed by atoms with Crippen LogP contribution in [0.1, 0.15) is 18.2 Å². The highest BCUT2D eigenvalue weighted by molar-refractivity contribution is 14.0. The Balaban J connectivity index is 0.00000264. The van der Waals surface area contributed by atoms with Crippen LogP contribution in [0.3, 0.4) is 0 Å². The minimum absolute atomic E-state index is 0. The number of hydrogen-bond acceptors (Lipinski definition) is 2. The van der Waals surface area contributed by atoms with Crippen LogP contribution in [0.5, 0.6) is 0 Å². The number of nitrogens with one attached hydrogen (secondary N) is 2. The fraction of sp³-hybridized carbons (Fsp3) is 0.294. The molecule has 0 aliphatic rings. The normalized spacial score (nSPS) is 10.8. The molecule has 6 heteroatoms. The summed E-state index contributed by atoms with van der Waals surface area (Å²) in [5.74, 6) is 0.790. The third kappa shape index (κ3) is 7.18. The molecule has 2 aromatic rings. The number of pyridine rings is 1. The van der Waals surface area contributed by atoms with E-state index in [4.69, 9.17) is 11.6 Å². The van der Waals surface area contributed by atoms with E-state index in [2.05, 4.69) is 20.6 Å². The summed E-state index contributed by atoms with van der Waals surface area (Å²) in [5, 5.41) is 7.29. The van der Waals surface area contributed by atoms with Crippen molar-refractivity contribution in [3.63, 3.8) is 0 Å². The Morgan fingerprint density at radius 2 is 1.91 bits per heavy atom. The average molecular weight is 445 g/mol. The molecule has 0 saturated carbocycles. The largest absolute Gasteiger partial charge is 0.357 e. The molecule has 0 spiro atoms. The third-order valence-corrected chi connectivity index (χ3v) is 3.48. The van der Waals surface area contributed by atoms with Crippen molar-refractivity contribution in [1.29, 1.82) is 0 Å². The summed E-state index contributed by atoms with van der Waals surface area (Å²) in [5.41, 5.74) is 2.09. The van der Waals surface area contributed by atoms with Crippen molar-refractivity contribution in [3.05, 3.63) is 64.9 Å². The quantitative estimate of drug-likeness (QED) is 0.406. The summed E-state index contributed by atoms with van der Waals surface area (Å²) < 4.78 is 0. The van der Waals surface area contributed by atoms with E-state index < -0.39 is 0 Å². The molecule has 0 bridgehead atoms. The minimum atomic E-state index is 0. The Kier molecular flexibility index (Phi) is 9.63. The molecular formula is C17H22ClIN4. The van der Waals surface area contributed by atoms with Crippen LogP contribution in [0.25, 0.3) is 0 Å². The molecule has 4 nitrogen and oxygen atoms in total. The molecule has 0 saturated heterocycles. The van der Waals surface area contributed by atoms with Crippen LogP contribution < -0.4 is 10.6 Å². The van der Waals surface area contributed by atoms with E-state index >= 15 is 0 Å². The molecule has 0 atom stereocenters.